The van der Waals surface area contributed by atoms with Gasteiger partial charge in [-0.15, -0.1) is 0 Å². The van der Waals surface area contributed by atoms with E-state index in [9.17, 15) is 0 Å². The minimum Gasteiger partial charge on any atom is -0.493 e. The quantitative estimate of drug-likeness (QED) is 0.913. The predicted molar refractivity (Wildman–Crippen MR) is 82.2 cm³/mol. The van der Waals surface area contributed by atoms with Crippen molar-refractivity contribution in [3.63, 3.8) is 0 Å². The van der Waals surface area contributed by atoms with Crippen molar-refractivity contribution in [1.29, 1.82) is 0 Å². The summed E-state index contributed by atoms with van der Waals surface area (Å²) in [5.74, 6) is 1.06. The smallest absolute Gasteiger partial charge is 0.124 e. The molecule has 3 nitrogen and oxygen atoms in total. The zero-order chi connectivity index (χ0) is 14.0. The van der Waals surface area contributed by atoms with E-state index in [1.54, 1.807) is 0 Å². The molecule has 1 N–H and O–H groups in total. The van der Waals surface area contributed by atoms with Gasteiger partial charge in [-0.1, -0.05) is 31.0 Å². The maximum absolute atomic E-state index is 5.75. The van der Waals surface area contributed by atoms with E-state index in [1.165, 1.54) is 31.2 Å². The SMILES string of the molecule is CN(C)C1(CNC2CCOc3ccccc32)CCCC1. The molecule has 3 rings (SSSR count). The number of nitrogens with one attached hydrogen (secondary N) is 1. The van der Waals surface area contributed by atoms with Gasteiger partial charge in [0.1, 0.15) is 5.75 Å². The van der Waals surface area contributed by atoms with Gasteiger partial charge >= 0.3 is 0 Å². The van der Waals surface area contributed by atoms with Gasteiger partial charge in [-0.25, -0.2) is 0 Å². The largest absolute Gasteiger partial charge is 0.493 e. The third-order valence-corrected chi connectivity index (χ3v) is 5.12. The number of likely N-dealkylation sites (N-methyl/N-ethyl adjacent to an activating group) is 1. The van der Waals surface area contributed by atoms with Crippen LogP contribution in [0.1, 0.15) is 43.7 Å². The summed E-state index contributed by atoms with van der Waals surface area (Å²) < 4.78 is 5.75. The number of nitrogens with zero attached hydrogens (tertiary/aromatic N) is 1. The molecule has 3 heteroatoms. The van der Waals surface area contributed by atoms with Gasteiger partial charge < -0.3 is 15.0 Å². The molecule has 20 heavy (non-hydrogen) atoms. The third-order valence-electron chi connectivity index (χ3n) is 5.12. The molecule has 1 fully saturated rings. The van der Waals surface area contributed by atoms with Crippen LogP contribution in [0.15, 0.2) is 24.3 Å². The molecule has 1 aliphatic carbocycles. The van der Waals surface area contributed by atoms with Crippen molar-refractivity contribution in [3.8, 4) is 5.75 Å². The second-order valence-corrected chi connectivity index (χ2v) is 6.43. The first-order chi connectivity index (χ1) is 9.71. The van der Waals surface area contributed by atoms with E-state index >= 15 is 0 Å². The highest BCUT2D eigenvalue weighted by molar-refractivity contribution is 5.37. The highest BCUT2D eigenvalue weighted by Crippen LogP contribution is 2.36. The van der Waals surface area contributed by atoms with Gasteiger partial charge in [0.05, 0.1) is 6.61 Å². The van der Waals surface area contributed by atoms with E-state index < -0.39 is 0 Å². The number of hydrogen-bond donors (Lipinski definition) is 1. The van der Waals surface area contributed by atoms with Crippen molar-refractivity contribution in [2.45, 2.75) is 43.7 Å². The predicted octanol–water partition coefficient (Wildman–Crippen LogP) is 2.97. The van der Waals surface area contributed by atoms with Gasteiger partial charge in [-0.2, -0.15) is 0 Å². The Bertz CT molecular complexity index is 452. The molecule has 0 aromatic heterocycles. The van der Waals surface area contributed by atoms with E-state index in [-0.39, 0.29) is 0 Å². The summed E-state index contributed by atoms with van der Waals surface area (Å²) in [6, 6.07) is 8.89. The zero-order valence-electron chi connectivity index (χ0n) is 12.7. The zero-order valence-corrected chi connectivity index (χ0v) is 12.7. The molecule has 1 saturated carbocycles. The number of hydrogen-bond acceptors (Lipinski definition) is 3. The minimum atomic E-state index is 0.354. The van der Waals surface area contributed by atoms with Crippen molar-refractivity contribution < 1.29 is 4.74 Å². The number of fused-ring (bicyclic) bond motifs is 1. The van der Waals surface area contributed by atoms with Crippen molar-refractivity contribution in [2.75, 3.05) is 27.2 Å². The maximum atomic E-state index is 5.75. The lowest BCUT2D eigenvalue weighted by atomic mass is 9.94. The molecule has 1 aromatic carbocycles. The van der Waals surface area contributed by atoms with Gasteiger partial charge in [0.15, 0.2) is 0 Å². The molecule has 0 saturated heterocycles. The Morgan fingerprint density at radius 3 is 2.75 bits per heavy atom. The molecule has 110 valence electrons. The fraction of sp³-hybridized carbons (Fsp3) is 0.647. The normalized spacial score (nSPS) is 24.4. The molecule has 1 aliphatic heterocycles. The van der Waals surface area contributed by atoms with Crippen molar-refractivity contribution in [1.82, 2.24) is 10.2 Å². The Morgan fingerprint density at radius 1 is 1.25 bits per heavy atom. The number of para-hydroxylation sites is 1. The van der Waals surface area contributed by atoms with Crippen LogP contribution in [0, 0.1) is 0 Å². The third kappa shape index (κ3) is 2.57. The minimum absolute atomic E-state index is 0.354. The maximum Gasteiger partial charge on any atom is 0.124 e. The highest BCUT2D eigenvalue weighted by Gasteiger charge is 2.36. The van der Waals surface area contributed by atoms with Crippen LogP contribution in [0.5, 0.6) is 5.75 Å². The fourth-order valence-corrected chi connectivity index (χ4v) is 3.68. The lowest BCUT2D eigenvalue weighted by Gasteiger charge is -2.38. The molecule has 1 heterocycles. The van der Waals surface area contributed by atoms with Gasteiger partial charge in [0.25, 0.3) is 0 Å². The van der Waals surface area contributed by atoms with Crippen LogP contribution >= 0.6 is 0 Å². The summed E-state index contributed by atoms with van der Waals surface area (Å²) in [5, 5.41) is 3.82. The average Bonchev–Trinajstić information content (AvgIpc) is 2.95. The van der Waals surface area contributed by atoms with Crippen LogP contribution in [0.25, 0.3) is 0 Å². The standard InChI is InChI=1S/C17H26N2O/c1-19(2)17(10-5-6-11-17)13-18-15-9-12-20-16-8-4-3-7-14(15)16/h3-4,7-8,15,18H,5-6,9-13H2,1-2H3. The first-order valence-electron chi connectivity index (χ1n) is 7.84. The van der Waals surface area contributed by atoms with Crippen molar-refractivity contribution >= 4 is 0 Å². The molecule has 0 bridgehead atoms. The second-order valence-electron chi connectivity index (χ2n) is 6.43. The summed E-state index contributed by atoms with van der Waals surface area (Å²) in [4.78, 5) is 2.43. The molecule has 1 aromatic rings. The Labute approximate surface area is 122 Å². The first-order valence-corrected chi connectivity index (χ1v) is 7.84. The molecule has 0 amide bonds. The lowest BCUT2D eigenvalue weighted by molar-refractivity contribution is 0.143. The number of rotatable bonds is 4. The van der Waals surface area contributed by atoms with Gasteiger partial charge in [-0.05, 0) is 33.0 Å². The monoisotopic (exact) mass is 274 g/mol. The summed E-state index contributed by atoms with van der Waals surface area (Å²) in [6.07, 6.45) is 6.44. The molecule has 1 atom stereocenters. The Hall–Kier alpha value is -1.06. The Kier molecular flexibility index (Phi) is 3.99. The molecular weight excluding hydrogens is 248 g/mol. The molecule has 1 unspecified atom stereocenters. The van der Waals surface area contributed by atoms with E-state index in [2.05, 4.69) is 48.6 Å². The van der Waals surface area contributed by atoms with Crippen LogP contribution in [0.3, 0.4) is 0 Å². The summed E-state index contributed by atoms with van der Waals surface area (Å²) >= 11 is 0. The lowest BCUT2D eigenvalue weighted by Crippen LogP contribution is -2.50. The molecule has 0 radical (unpaired) electrons. The van der Waals surface area contributed by atoms with Crippen molar-refractivity contribution in [2.24, 2.45) is 0 Å². The van der Waals surface area contributed by atoms with Gasteiger partial charge in [0.2, 0.25) is 0 Å². The van der Waals surface area contributed by atoms with E-state index in [0.29, 0.717) is 11.6 Å². The highest BCUT2D eigenvalue weighted by atomic mass is 16.5. The van der Waals surface area contributed by atoms with Gasteiger partial charge in [0, 0.05) is 30.1 Å². The summed E-state index contributed by atoms with van der Waals surface area (Å²) in [7, 11) is 4.45. The molecule has 0 spiro atoms. The molecule has 2 aliphatic rings. The number of ether oxygens (including phenoxy) is 1. The van der Waals surface area contributed by atoms with E-state index in [4.69, 9.17) is 4.74 Å². The van der Waals surface area contributed by atoms with Crippen LogP contribution in [0.2, 0.25) is 0 Å². The van der Waals surface area contributed by atoms with Gasteiger partial charge in [-0.3, -0.25) is 0 Å². The average molecular weight is 274 g/mol. The fourth-order valence-electron chi connectivity index (χ4n) is 3.68. The van der Waals surface area contributed by atoms with E-state index in [0.717, 1.165) is 25.3 Å². The van der Waals surface area contributed by atoms with Crippen molar-refractivity contribution in [3.05, 3.63) is 29.8 Å². The number of benzene rings is 1. The molecular formula is C17H26N2O. The van der Waals surface area contributed by atoms with Crippen LogP contribution < -0.4 is 10.1 Å². The topological polar surface area (TPSA) is 24.5 Å². The first kappa shape index (κ1) is 13.9. The van der Waals surface area contributed by atoms with Crippen LogP contribution in [0.4, 0.5) is 0 Å². The van der Waals surface area contributed by atoms with E-state index in [1.807, 2.05) is 0 Å². The summed E-state index contributed by atoms with van der Waals surface area (Å²) in [5.41, 5.74) is 1.68. The second kappa shape index (κ2) is 5.74. The van der Waals surface area contributed by atoms with Crippen LogP contribution in [-0.4, -0.2) is 37.7 Å². The Morgan fingerprint density at radius 2 is 2.00 bits per heavy atom. The van der Waals surface area contributed by atoms with Crippen LogP contribution in [-0.2, 0) is 0 Å². The summed E-state index contributed by atoms with van der Waals surface area (Å²) in [6.45, 7) is 1.91. The Balaban J connectivity index is 1.70.